The number of rotatable bonds is 2. The Labute approximate surface area is 86.0 Å². The molecular weight excluding hydrogens is 198 g/mol. The largest absolute Gasteiger partial charge is 0.501 e. The molecule has 15 heavy (non-hydrogen) atoms. The Hall–Kier alpha value is -1.85. The van der Waals surface area contributed by atoms with Crippen LogP contribution in [0.15, 0.2) is 6.33 Å². The number of nitrogens with zero attached hydrogens (tertiary/aromatic N) is 2. The van der Waals surface area contributed by atoms with Gasteiger partial charge in [0.05, 0.1) is 0 Å². The number of hydrogen-bond donors (Lipinski definition) is 3. The van der Waals surface area contributed by atoms with Crippen LogP contribution in [0.25, 0.3) is 0 Å². The lowest BCUT2D eigenvalue weighted by Crippen LogP contribution is -2.39. The minimum Gasteiger partial charge on any atom is -0.501 e. The van der Waals surface area contributed by atoms with Gasteiger partial charge in [-0.2, -0.15) is 4.98 Å². The smallest absolute Gasteiger partial charge is 0.274 e. The molecule has 3 N–H and O–H groups in total. The molecule has 0 aromatic carbocycles. The summed E-state index contributed by atoms with van der Waals surface area (Å²) in [4.78, 5) is 18.5. The van der Waals surface area contributed by atoms with Crippen molar-refractivity contribution in [2.75, 3.05) is 0 Å². The molecule has 0 bridgehead atoms. The fourth-order valence-electron chi connectivity index (χ4n) is 1.34. The highest BCUT2D eigenvalue weighted by Gasteiger charge is 2.23. The van der Waals surface area contributed by atoms with Gasteiger partial charge in [-0.1, -0.05) is 0 Å². The highest BCUT2D eigenvalue weighted by atomic mass is 16.3. The average molecular weight is 209 g/mol. The van der Waals surface area contributed by atoms with Crippen LogP contribution in [-0.2, 0) is 0 Å². The number of carbonyl (C=O) groups is 1. The Morgan fingerprint density at radius 2 is 2.13 bits per heavy atom. The Morgan fingerprint density at radius 1 is 1.40 bits per heavy atom. The summed E-state index contributed by atoms with van der Waals surface area (Å²) in [7, 11) is 0. The highest BCUT2D eigenvalue weighted by Crippen LogP contribution is 2.24. The third kappa shape index (κ3) is 1.83. The summed E-state index contributed by atoms with van der Waals surface area (Å²) < 4.78 is 0. The molecule has 1 aromatic rings. The predicted molar refractivity (Wildman–Crippen MR) is 50.5 cm³/mol. The van der Waals surface area contributed by atoms with Gasteiger partial charge in [-0.05, 0) is 19.3 Å². The molecule has 0 unspecified atom stereocenters. The Balaban J connectivity index is 2.13. The van der Waals surface area contributed by atoms with E-state index in [9.17, 15) is 9.90 Å². The van der Waals surface area contributed by atoms with Crippen LogP contribution in [0.5, 0.6) is 11.6 Å². The topological polar surface area (TPSA) is 95.3 Å². The highest BCUT2D eigenvalue weighted by molar-refractivity contribution is 5.95. The third-order valence-corrected chi connectivity index (χ3v) is 2.46. The summed E-state index contributed by atoms with van der Waals surface area (Å²) in [6, 6.07) is 0.161. The zero-order chi connectivity index (χ0) is 10.8. The normalized spacial score (nSPS) is 15.7. The van der Waals surface area contributed by atoms with E-state index >= 15 is 0 Å². The van der Waals surface area contributed by atoms with Gasteiger partial charge in [-0.3, -0.25) is 4.79 Å². The maximum absolute atomic E-state index is 11.5. The van der Waals surface area contributed by atoms with Crippen molar-refractivity contribution in [2.45, 2.75) is 25.3 Å². The summed E-state index contributed by atoms with van der Waals surface area (Å²) in [5.41, 5.74) is -0.186. The van der Waals surface area contributed by atoms with E-state index in [2.05, 4.69) is 15.3 Å². The predicted octanol–water partition coefficient (Wildman–Crippen LogP) is 0.170. The van der Waals surface area contributed by atoms with E-state index in [0.717, 1.165) is 25.6 Å². The molecule has 1 amide bonds. The lowest BCUT2D eigenvalue weighted by atomic mass is 9.93. The molecule has 80 valence electrons. The van der Waals surface area contributed by atoms with Gasteiger partial charge in [0.25, 0.3) is 11.8 Å². The SMILES string of the molecule is O=C(NC1CCC1)c1ncnc(O)c1O. The molecular formula is C9H11N3O3. The van der Waals surface area contributed by atoms with Crippen LogP contribution in [0.4, 0.5) is 0 Å². The molecule has 1 fully saturated rings. The Morgan fingerprint density at radius 3 is 2.73 bits per heavy atom. The minimum absolute atomic E-state index is 0.161. The molecule has 1 heterocycles. The molecule has 0 radical (unpaired) electrons. The lowest BCUT2D eigenvalue weighted by Gasteiger charge is -2.26. The standard InChI is InChI=1S/C9H11N3O3/c13-7-6(10-4-11-9(7)15)8(14)12-5-2-1-3-5/h4-5,13H,1-3H2,(H,12,14)(H,10,11,15). The van der Waals surface area contributed by atoms with E-state index in [1.54, 1.807) is 0 Å². The van der Waals surface area contributed by atoms with Crippen LogP contribution >= 0.6 is 0 Å². The second kappa shape index (κ2) is 3.72. The summed E-state index contributed by atoms with van der Waals surface area (Å²) in [5.74, 6) is -1.63. The van der Waals surface area contributed by atoms with E-state index in [1.807, 2.05) is 0 Å². The first kappa shape index (κ1) is 9.70. The van der Waals surface area contributed by atoms with Crippen molar-refractivity contribution in [3.8, 4) is 11.6 Å². The number of nitrogens with one attached hydrogen (secondary N) is 1. The van der Waals surface area contributed by atoms with Crippen LogP contribution in [0.2, 0.25) is 0 Å². The van der Waals surface area contributed by atoms with Crippen LogP contribution in [0.3, 0.4) is 0 Å². The maximum atomic E-state index is 11.5. The fourth-order valence-corrected chi connectivity index (χ4v) is 1.34. The molecule has 1 aromatic heterocycles. The van der Waals surface area contributed by atoms with Crippen LogP contribution in [-0.4, -0.2) is 32.1 Å². The second-order valence-corrected chi connectivity index (χ2v) is 3.50. The number of aromatic nitrogens is 2. The van der Waals surface area contributed by atoms with Crippen molar-refractivity contribution >= 4 is 5.91 Å². The number of amides is 1. The third-order valence-electron chi connectivity index (χ3n) is 2.46. The first-order chi connectivity index (χ1) is 7.18. The summed E-state index contributed by atoms with van der Waals surface area (Å²) >= 11 is 0. The van der Waals surface area contributed by atoms with Gasteiger partial charge in [-0.25, -0.2) is 4.98 Å². The first-order valence-electron chi connectivity index (χ1n) is 4.72. The summed E-state index contributed by atoms with van der Waals surface area (Å²) in [5, 5.41) is 21.1. The summed E-state index contributed by atoms with van der Waals surface area (Å²) in [6.07, 6.45) is 4.03. The van der Waals surface area contributed by atoms with E-state index in [4.69, 9.17) is 5.11 Å². The maximum Gasteiger partial charge on any atom is 0.274 e. The van der Waals surface area contributed by atoms with Gasteiger partial charge >= 0.3 is 0 Å². The zero-order valence-electron chi connectivity index (χ0n) is 7.97. The van der Waals surface area contributed by atoms with Crippen molar-refractivity contribution in [3.63, 3.8) is 0 Å². The molecule has 6 nitrogen and oxygen atoms in total. The Bertz CT molecular complexity index is 390. The van der Waals surface area contributed by atoms with Crippen molar-refractivity contribution < 1.29 is 15.0 Å². The van der Waals surface area contributed by atoms with Gasteiger partial charge < -0.3 is 15.5 Å². The molecule has 0 aliphatic heterocycles. The van der Waals surface area contributed by atoms with Crippen LogP contribution < -0.4 is 5.32 Å². The van der Waals surface area contributed by atoms with Crippen molar-refractivity contribution in [1.82, 2.24) is 15.3 Å². The van der Waals surface area contributed by atoms with Crippen LogP contribution in [0.1, 0.15) is 29.8 Å². The number of hydrogen-bond acceptors (Lipinski definition) is 5. The van der Waals surface area contributed by atoms with Gasteiger partial charge in [0, 0.05) is 6.04 Å². The Kier molecular flexibility index (Phi) is 2.40. The van der Waals surface area contributed by atoms with Crippen molar-refractivity contribution in [1.29, 1.82) is 0 Å². The molecule has 0 saturated heterocycles. The molecule has 6 heteroatoms. The molecule has 1 saturated carbocycles. The molecule has 1 aliphatic rings. The quantitative estimate of drug-likeness (QED) is 0.645. The number of carbonyl (C=O) groups excluding carboxylic acids is 1. The second-order valence-electron chi connectivity index (χ2n) is 3.50. The van der Waals surface area contributed by atoms with Gasteiger partial charge in [0.15, 0.2) is 5.69 Å². The van der Waals surface area contributed by atoms with E-state index < -0.39 is 17.5 Å². The van der Waals surface area contributed by atoms with E-state index in [1.165, 1.54) is 0 Å². The first-order valence-corrected chi connectivity index (χ1v) is 4.72. The van der Waals surface area contributed by atoms with Gasteiger partial charge in [0.1, 0.15) is 6.33 Å². The monoisotopic (exact) mass is 209 g/mol. The summed E-state index contributed by atoms with van der Waals surface area (Å²) in [6.45, 7) is 0. The lowest BCUT2D eigenvalue weighted by molar-refractivity contribution is 0.0907. The van der Waals surface area contributed by atoms with E-state index in [0.29, 0.717) is 0 Å². The zero-order valence-corrected chi connectivity index (χ0v) is 7.97. The molecule has 0 spiro atoms. The van der Waals surface area contributed by atoms with E-state index in [-0.39, 0.29) is 11.7 Å². The van der Waals surface area contributed by atoms with Gasteiger partial charge in [0.2, 0.25) is 5.75 Å². The van der Waals surface area contributed by atoms with Crippen LogP contribution in [0, 0.1) is 0 Å². The molecule has 0 atom stereocenters. The molecule has 2 rings (SSSR count). The molecule has 1 aliphatic carbocycles. The van der Waals surface area contributed by atoms with Gasteiger partial charge in [-0.15, -0.1) is 0 Å². The average Bonchev–Trinajstić information content (AvgIpc) is 2.15. The van der Waals surface area contributed by atoms with Crippen molar-refractivity contribution in [3.05, 3.63) is 12.0 Å². The minimum atomic E-state index is -0.580. The number of aromatic hydroxyl groups is 2. The van der Waals surface area contributed by atoms with Crippen molar-refractivity contribution in [2.24, 2.45) is 0 Å². The fraction of sp³-hybridized carbons (Fsp3) is 0.444.